The highest BCUT2D eigenvalue weighted by Gasteiger charge is 2.07. The van der Waals surface area contributed by atoms with Crippen LogP contribution in [0.4, 0.5) is 5.82 Å². The molecule has 0 spiro atoms. The summed E-state index contributed by atoms with van der Waals surface area (Å²) in [5.74, 6) is 0.664. The van der Waals surface area contributed by atoms with Gasteiger partial charge in [-0.2, -0.15) is 5.10 Å². The molecule has 1 heterocycles. The van der Waals surface area contributed by atoms with E-state index in [2.05, 4.69) is 17.2 Å². The van der Waals surface area contributed by atoms with Gasteiger partial charge in [0.25, 0.3) is 0 Å². The van der Waals surface area contributed by atoms with Crippen LogP contribution in [0.25, 0.3) is 5.69 Å². The first-order valence-corrected chi connectivity index (χ1v) is 6.27. The molecular weight excluding hydrogens is 234 g/mol. The topological polar surface area (TPSA) is 43.8 Å². The van der Waals surface area contributed by atoms with E-state index in [-0.39, 0.29) is 0 Å². The highest BCUT2D eigenvalue weighted by molar-refractivity contribution is 5.43. The molecule has 2 aromatic carbocycles. The maximum Gasteiger partial charge on any atom is 0.127 e. The van der Waals surface area contributed by atoms with E-state index in [1.165, 1.54) is 5.56 Å². The predicted molar refractivity (Wildman–Crippen MR) is 77.2 cm³/mol. The average Bonchev–Trinajstić information content (AvgIpc) is 2.82. The highest BCUT2D eigenvalue weighted by Crippen LogP contribution is 2.16. The van der Waals surface area contributed by atoms with Crippen LogP contribution < -0.4 is 5.73 Å². The van der Waals surface area contributed by atoms with Crippen molar-refractivity contribution in [2.24, 2.45) is 0 Å². The van der Waals surface area contributed by atoms with Gasteiger partial charge >= 0.3 is 0 Å². The minimum absolute atomic E-state index is 0.664. The first-order valence-electron chi connectivity index (χ1n) is 6.27. The second-order valence-corrected chi connectivity index (χ2v) is 4.47. The Hall–Kier alpha value is -2.55. The van der Waals surface area contributed by atoms with Gasteiger partial charge in [-0.15, -0.1) is 0 Å². The summed E-state index contributed by atoms with van der Waals surface area (Å²) in [7, 11) is 0. The average molecular weight is 249 g/mol. The van der Waals surface area contributed by atoms with Gasteiger partial charge in [-0.3, -0.25) is 0 Å². The van der Waals surface area contributed by atoms with E-state index in [0.717, 1.165) is 17.8 Å². The Balaban J connectivity index is 1.90. The zero-order chi connectivity index (χ0) is 13.1. The molecule has 3 heteroatoms. The Kier molecular flexibility index (Phi) is 3.02. The normalized spacial score (nSPS) is 10.5. The summed E-state index contributed by atoms with van der Waals surface area (Å²) < 4.78 is 1.78. The molecule has 0 saturated carbocycles. The number of para-hydroxylation sites is 1. The van der Waals surface area contributed by atoms with E-state index < -0.39 is 0 Å². The lowest BCUT2D eigenvalue weighted by atomic mass is 10.1. The number of nitrogens with zero attached hydrogens (tertiary/aromatic N) is 2. The standard InChI is InChI=1S/C16H15N3/c17-16-12-14(11-13-7-3-1-4-8-13)18-19(16)15-9-5-2-6-10-15/h1-10,12H,11,17H2. The van der Waals surface area contributed by atoms with E-state index in [1.54, 1.807) is 4.68 Å². The third-order valence-corrected chi connectivity index (χ3v) is 3.02. The Bertz CT molecular complexity index is 657. The van der Waals surface area contributed by atoms with Gasteiger partial charge in [0.1, 0.15) is 5.82 Å². The van der Waals surface area contributed by atoms with E-state index in [4.69, 9.17) is 5.73 Å². The fourth-order valence-corrected chi connectivity index (χ4v) is 2.11. The second-order valence-electron chi connectivity index (χ2n) is 4.47. The maximum atomic E-state index is 6.03. The lowest BCUT2D eigenvalue weighted by Crippen LogP contribution is -2.01. The summed E-state index contributed by atoms with van der Waals surface area (Å²) in [4.78, 5) is 0. The molecule has 0 bridgehead atoms. The van der Waals surface area contributed by atoms with Crippen molar-refractivity contribution >= 4 is 5.82 Å². The van der Waals surface area contributed by atoms with Crippen molar-refractivity contribution in [3.05, 3.63) is 78.0 Å². The monoisotopic (exact) mass is 249 g/mol. The first kappa shape index (κ1) is 11.5. The lowest BCUT2D eigenvalue weighted by Gasteiger charge is -2.02. The number of hydrogen-bond acceptors (Lipinski definition) is 2. The molecule has 0 unspecified atom stereocenters. The largest absolute Gasteiger partial charge is 0.384 e. The number of rotatable bonds is 3. The fraction of sp³-hybridized carbons (Fsp3) is 0.0625. The molecule has 2 N–H and O–H groups in total. The van der Waals surface area contributed by atoms with Crippen LogP contribution in [0.1, 0.15) is 11.3 Å². The number of aromatic nitrogens is 2. The molecule has 0 aliphatic carbocycles. The minimum atomic E-state index is 0.664. The van der Waals surface area contributed by atoms with Crippen LogP contribution in [0.3, 0.4) is 0 Å². The van der Waals surface area contributed by atoms with E-state index in [9.17, 15) is 0 Å². The quantitative estimate of drug-likeness (QED) is 0.775. The summed E-state index contributed by atoms with van der Waals surface area (Å²) in [6, 6.07) is 22.1. The third kappa shape index (κ3) is 2.50. The van der Waals surface area contributed by atoms with Crippen LogP contribution in [0.2, 0.25) is 0 Å². The smallest absolute Gasteiger partial charge is 0.127 e. The molecule has 0 atom stereocenters. The third-order valence-electron chi connectivity index (χ3n) is 3.02. The molecule has 94 valence electrons. The van der Waals surface area contributed by atoms with Crippen LogP contribution in [0.5, 0.6) is 0 Å². The number of benzene rings is 2. The van der Waals surface area contributed by atoms with Gasteiger partial charge < -0.3 is 5.73 Å². The summed E-state index contributed by atoms with van der Waals surface area (Å²) in [5, 5.41) is 4.57. The van der Waals surface area contributed by atoms with Gasteiger partial charge in [0, 0.05) is 12.5 Å². The number of nitrogen functional groups attached to an aromatic ring is 1. The summed E-state index contributed by atoms with van der Waals surface area (Å²) in [5.41, 5.74) is 9.23. The molecule has 1 aromatic heterocycles. The number of hydrogen-bond donors (Lipinski definition) is 1. The number of nitrogens with two attached hydrogens (primary N) is 1. The molecule has 0 fully saturated rings. The Morgan fingerprint density at radius 1 is 0.895 bits per heavy atom. The van der Waals surface area contributed by atoms with Gasteiger partial charge in [-0.05, 0) is 17.7 Å². The summed E-state index contributed by atoms with van der Waals surface area (Å²) >= 11 is 0. The van der Waals surface area contributed by atoms with Gasteiger partial charge in [0.2, 0.25) is 0 Å². The van der Waals surface area contributed by atoms with Gasteiger partial charge in [0.05, 0.1) is 11.4 Å². The first-order chi connectivity index (χ1) is 9.33. The Morgan fingerprint density at radius 3 is 2.21 bits per heavy atom. The second kappa shape index (κ2) is 4.98. The van der Waals surface area contributed by atoms with E-state index in [1.807, 2.05) is 54.6 Å². The van der Waals surface area contributed by atoms with Crippen molar-refractivity contribution in [3.63, 3.8) is 0 Å². The van der Waals surface area contributed by atoms with E-state index in [0.29, 0.717) is 5.82 Å². The predicted octanol–water partition coefficient (Wildman–Crippen LogP) is 3.05. The van der Waals surface area contributed by atoms with Crippen molar-refractivity contribution in [2.75, 3.05) is 5.73 Å². The molecule has 0 amide bonds. The molecule has 19 heavy (non-hydrogen) atoms. The van der Waals surface area contributed by atoms with Crippen LogP contribution in [0, 0.1) is 0 Å². The van der Waals surface area contributed by atoms with Crippen LogP contribution >= 0.6 is 0 Å². The fourth-order valence-electron chi connectivity index (χ4n) is 2.11. The molecule has 0 aliphatic heterocycles. The van der Waals surface area contributed by atoms with Crippen LogP contribution in [0.15, 0.2) is 66.7 Å². The van der Waals surface area contributed by atoms with Crippen molar-refractivity contribution < 1.29 is 0 Å². The van der Waals surface area contributed by atoms with Gasteiger partial charge in [-0.25, -0.2) is 4.68 Å². The summed E-state index contributed by atoms with van der Waals surface area (Å²) in [6.45, 7) is 0. The van der Waals surface area contributed by atoms with Crippen molar-refractivity contribution in [1.29, 1.82) is 0 Å². The molecule has 3 rings (SSSR count). The van der Waals surface area contributed by atoms with Crippen LogP contribution in [-0.2, 0) is 6.42 Å². The molecule has 0 radical (unpaired) electrons. The van der Waals surface area contributed by atoms with Gasteiger partial charge in [0.15, 0.2) is 0 Å². The number of anilines is 1. The molecule has 0 saturated heterocycles. The zero-order valence-electron chi connectivity index (χ0n) is 10.5. The minimum Gasteiger partial charge on any atom is -0.384 e. The van der Waals surface area contributed by atoms with Crippen molar-refractivity contribution in [2.45, 2.75) is 6.42 Å². The van der Waals surface area contributed by atoms with E-state index >= 15 is 0 Å². The maximum absolute atomic E-state index is 6.03. The molecule has 0 aliphatic rings. The van der Waals surface area contributed by atoms with Gasteiger partial charge in [-0.1, -0.05) is 48.5 Å². The van der Waals surface area contributed by atoms with Crippen molar-refractivity contribution in [3.8, 4) is 5.69 Å². The SMILES string of the molecule is Nc1cc(Cc2ccccc2)nn1-c1ccccc1. The molecule has 3 nitrogen and oxygen atoms in total. The summed E-state index contributed by atoms with van der Waals surface area (Å²) in [6.07, 6.45) is 0.797. The highest BCUT2D eigenvalue weighted by atomic mass is 15.3. The Labute approximate surface area is 112 Å². The van der Waals surface area contributed by atoms with Crippen molar-refractivity contribution in [1.82, 2.24) is 9.78 Å². The molecular formula is C16H15N3. The zero-order valence-corrected chi connectivity index (χ0v) is 10.5. The molecule has 3 aromatic rings. The lowest BCUT2D eigenvalue weighted by molar-refractivity contribution is 0.856. The van der Waals surface area contributed by atoms with Crippen LogP contribution in [-0.4, -0.2) is 9.78 Å². The Morgan fingerprint density at radius 2 is 1.53 bits per heavy atom.